The molecule has 1 aliphatic rings. The van der Waals surface area contributed by atoms with Gasteiger partial charge in [-0.3, -0.25) is 10.1 Å². The molecule has 1 aromatic carbocycles. The number of nitrogens with two attached hydrogens (primary N) is 1. The standard InChI is InChI=1S/C11H14N2O2.ClH/c12-11(7-1-2-8-11)9-3-5-10(6-4-9)13(14)15;/h3-6H,1-2,7-8,12H2;1H. The van der Waals surface area contributed by atoms with E-state index in [-0.39, 0.29) is 28.6 Å². The molecular formula is C11H15ClN2O2. The van der Waals surface area contributed by atoms with Crippen LogP contribution in [0.4, 0.5) is 5.69 Å². The van der Waals surface area contributed by atoms with Crippen LogP contribution in [-0.4, -0.2) is 4.92 Å². The molecule has 0 amide bonds. The third-order valence-electron chi connectivity index (χ3n) is 3.15. The second kappa shape index (κ2) is 4.80. The zero-order valence-corrected chi connectivity index (χ0v) is 9.70. The van der Waals surface area contributed by atoms with E-state index in [1.165, 1.54) is 12.1 Å². The number of nitro groups is 1. The quantitative estimate of drug-likeness (QED) is 0.640. The average molecular weight is 243 g/mol. The predicted molar refractivity (Wildman–Crippen MR) is 64.7 cm³/mol. The maximum atomic E-state index is 10.5. The molecule has 0 heterocycles. The molecule has 16 heavy (non-hydrogen) atoms. The van der Waals surface area contributed by atoms with Gasteiger partial charge in [-0.05, 0) is 18.4 Å². The Morgan fingerprint density at radius 2 is 1.69 bits per heavy atom. The first-order valence-corrected chi connectivity index (χ1v) is 5.16. The first-order chi connectivity index (χ1) is 7.12. The largest absolute Gasteiger partial charge is 0.321 e. The Morgan fingerprint density at radius 3 is 2.12 bits per heavy atom. The smallest absolute Gasteiger partial charge is 0.269 e. The molecule has 2 rings (SSSR count). The Morgan fingerprint density at radius 1 is 1.19 bits per heavy atom. The predicted octanol–water partition coefficient (Wildman–Crippen LogP) is 2.74. The van der Waals surface area contributed by atoms with Crippen molar-refractivity contribution in [3.05, 3.63) is 39.9 Å². The van der Waals surface area contributed by atoms with E-state index in [2.05, 4.69) is 0 Å². The lowest BCUT2D eigenvalue weighted by Gasteiger charge is -2.23. The van der Waals surface area contributed by atoms with Crippen LogP contribution >= 0.6 is 12.4 Å². The summed E-state index contributed by atoms with van der Waals surface area (Å²) in [7, 11) is 0. The molecule has 4 nitrogen and oxygen atoms in total. The van der Waals surface area contributed by atoms with E-state index in [9.17, 15) is 10.1 Å². The topological polar surface area (TPSA) is 69.2 Å². The summed E-state index contributed by atoms with van der Waals surface area (Å²) in [5.74, 6) is 0. The highest BCUT2D eigenvalue weighted by Crippen LogP contribution is 2.36. The highest BCUT2D eigenvalue weighted by atomic mass is 35.5. The summed E-state index contributed by atoms with van der Waals surface area (Å²) in [4.78, 5) is 10.1. The number of nitro benzene ring substituents is 1. The normalized spacial score (nSPS) is 17.8. The van der Waals surface area contributed by atoms with E-state index >= 15 is 0 Å². The van der Waals surface area contributed by atoms with Crippen molar-refractivity contribution in [3.8, 4) is 0 Å². The summed E-state index contributed by atoms with van der Waals surface area (Å²) in [5, 5.41) is 10.5. The van der Waals surface area contributed by atoms with Gasteiger partial charge < -0.3 is 5.73 Å². The van der Waals surface area contributed by atoms with Crippen LogP contribution in [0.3, 0.4) is 0 Å². The minimum atomic E-state index is -0.387. The second-order valence-electron chi connectivity index (χ2n) is 4.17. The molecule has 0 atom stereocenters. The summed E-state index contributed by atoms with van der Waals surface area (Å²) >= 11 is 0. The van der Waals surface area contributed by atoms with Gasteiger partial charge in [-0.1, -0.05) is 25.0 Å². The van der Waals surface area contributed by atoms with Crippen LogP contribution in [0.1, 0.15) is 31.2 Å². The Labute approximate surface area is 100 Å². The third-order valence-corrected chi connectivity index (χ3v) is 3.15. The monoisotopic (exact) mass is 242 g/mol. The Bertz CT molecular complexity index is 372. The highest BCUT2D eigenvalue weighted by Gasteiger charge is 2.31. The number of halogens is 1. The van der Waals surface area contributed by atoms with Gasteiger partial charge in [0.25, 0.3) is 5.69 Å². The van der Waals surface area contributed by atoms with Crippen molar-refractivity contribution in [2.75, 3.05) is 0 Å². The molecule has 1 aromatic rings. The number of hydrogen-bond donors (Lipinski definition) is 1. The van der Waals surface area contributed by atoms with Crippen LogP contribution < -0.4 is 5.73 Å². The van der Waals surface area contributed by atoms with Crippen LogP contribution in [0, 0.1) is 10.1 Å². The van der Waals surface area contributed by atoms with Gasteiger partial charge in [0.05, 0.1) is 4.92 Å². The fourth-order valence-corrected chi connectivity index (χ4v) is 2.21. The van der Waals surface area contributed by atoms with E-state index in [1.54, 1.807) is 12.1 Å². The van der Waals surface area contributed by atoms with E-state index in [4.69, 9.17) is 5.73 Å². The maximum absolute atomic E-state index is 10.5. The van der Waals surface area contributed by atoms with E-state index in [0.717, 1.165) is 31.2 Å². The molecule has 0 radical (unpaired) electrons. The Kier molecular flexibility index (Phi) is 3.88. The van der Waals surface area contributed by atoms with Gasteiger partial charge in [-0.25, -0.2) is 0 Å². The third kappa shape index (κ3) is 2.33. The van der Waals surface area contributed by atoms with Crippen LogP contribution in [-0.2, 0) is 5.54 Å². The van der Waals surface area contributed by atoms with E-state index in [0.29, 0.717) is 0 Å². The van der Waals surface area contributed by atoms with Gasteiger partial charge in [0, 0.05) is 17.7 Å². The van der Waals surface area contributed by atoms with E-state index < -0.39 is 0 Å². The molecular weight excluding hydrogens is 228 g/mol. The fraction of sp³-hybridized carbons (Fsp3) is 0.455. The van der Waals surface area contributed by atoms with Crippen LogP contribution in [0.15, 0.2) is 24.3 Å². The van der Waals surface area contributed by atoms with Crippen molar-refractivity contribution in [1.29, 1.82) is 0 Å². The Hall–Kier alpha value is -1.13. The highest BCUT2D eigenvalue weighted by molar-refractivity contribution is 5.85. The molecule has 0 saturated heterocycles. The number of rotatable bonds is 2. The van der Waals surface area contributed by atoms with Crippen LogP contribution in [0.5, 0.6) is 0 Å². The minimum absolute atomic E-state index is 0. The first kappa shape index (κ1) is 12.9. The van der Waals surface area contributed by atoms with Crippen molar-refractivity contribution in [2.45, 2.75) is 31.2 Å². The SMILES string of the molecule is Cl.NC1(c2ccc([N+](=O)[O-])cc2)CCCC1. The molecule has 1 saturated carbocycles. The lowest BCUT2D eigenvalue weighted by Crippen LogP contribution is -2.32. The fourth-order valence-electron chi connectivity index (χ4n) is 2.21. The lowest BCUT2D eigenvalue weighted by atomic mass is 9.89. The molecule has 0 spiro atoms. The molecule has 5 heteroatoms. The van der Waals surface area contributed by atoms with Gasteiger partial charge in [-0.2, -0.15) is 0 Å². The van der Waals surface area contributed by atoms with Crippen molar-refractivity contribution < 1.29 is 4.92 Å². The summed E-state index contributed by atoms with van der Waals surface area (Å²) in [6.07, 6.45) is 4.25. The summed E-state index contributed by atoms with van der Waals surface area (Å²) in [5.41, 5.74) is 7.13. The summed E-state index contributed by atoms with van der Waals surface area (Å²) in [6, 6.07) is 6.62. The molecule has 1 fully saturated rings. The van der Waals surface area contributed by atoms with Crippen molar-refractivity contribution in [1.82, 2.24) is 0 Å². The lowest BCUT2D eigenvalue weighted by molar-refractivity contribution is -0.384. The van der Waals surface area contributed by atoms with Gasteiger partial charge in [0.15, 0.2) is 0 Å². The van der Waals surface area contributed by atoms with Gasteiger partial charge in [0.2, 0.25) is 0 Å². The van der Waals surface area contributed by atoms with Gasteiger partial charge in [0.1, 0.15) is 0 Å². The van der Waals surface area contributed by atoms with Crippen molar-refractivity contribution >= 4 is 18.1 Å². The van der Waals surface area contributed by atoms with Crippen molar-refractivity contribution in [2.24, 2.45) is 5.73 Å². The van der Waals surface area contributed by atoms with Crippen LogP contribution in [0.25, 0.3) is 0 Å². The number of benzene rings is 1. The van der Waals surface area contributed by atoms with Crippen molar-refractivity contribution in [3.63, 3.8) is 0 Å². The zero-order valence-electron chi connectivity index (χ0n) is 8.89. The summed E-state index contributed by atoms with van der Waals surface area (Å²) < 4.78 is 0. The average Bonchev–Trinajstić information content (AvgIpc) is 2.67. The maximum Gasteiger partial charge on any atom is 0.269 e. The zero-order chi connectivity index (χ0) is 10.9. The molecule has 88 valence electrons. The number of nitrogens with zero attached hydrogens (tertiary/aromatic N) is 1. The molecule has 0 aromatic heterocycles. The minimum Gasteiger partial charge on any atom is -0.321 e. The van der Waals surface area contributed by atoms with Crippen LogP contribution in [0.2, 0.25) is 0 Å². The molecule has 2 N–H and O–H groups in total. The Balaban J connectivity index is 0.00000128. The molecule has 0 bridgehead atoms. The van der Waals surface area contributed by atoms with Gasteiger partial charge >= 0.3 is 0 Å². The number of non-ortho nitro benzene ring substituents is 1. The first-order valence-electron chi connectivity index (χ1n) is 5.16. The molecule has 1 aliphatic carbocycles. The second-order valence-corrected chi connectivity index (χ2v) is 4.17. The molecule has 0 aliphatic heterocycles. The van der Waals surface area contributed by atoms with Gasteiger partial charge in [-0.15, -0.1) is 12.4 Å². The van der Waals surface area contributed by atoms with E-state index in [1.807, 2.05) is 0 Å². The number of hydrogen-bond acceptors (Lipinski definition) is 3. The summed E-state index contributed by atoms with van der Waals surface area (Å²) in [6.45, 7) is 0. The molecule has 0 unspecified atom stereocenters.